The topological polar surface area (TPSA) is 66.4 Å². The Morgan fingerprint density at radius 2 is 1.04 bits per heavy atom. The summed E-state index contributed by atoms with van der Waals surface area (Å²) in [5.74, 6) is -1.60. The maximum Gasteiger partial charge on any atom is 0.307 e. The van der Waals surface area contributed by atoms with E-state index in [4.69, 9.17) is 0 Å². The van der Waals surface area contributed by atoms with E-state index in [9.17, 15) is 14.7 Å². The SMILES string of the molecule is O=C(O)C1CCCCC1C(=O)NC1CCCCCCCCCCC1. The van der Waals surface area contributed by atoms with Crippen LogP contribution in [-0.2, 0) is 9.59 Å². The smallest absolute Gasteiger partial charge is 0.307 e. The van der Waals surface area contributed by atoms with Crippen LogP contribution in [0.3, 0.4) is 0 Å². The quantitative estimate of drug-likeness (QED) is 0.786. The fourth-order valence-electron chi connectivity index (χ4n) is 4.36. The van der Waals surface area contributed by atoms with Gasteiger partial charge in [-0.05, 0) is 25.7 Å². The zero-order valence-electron chi connectivity index (χ0n) is 15.1. The first-order valence-electron chi connectivity index (χ1n) is 10.2. The van der Waals surface area contributed by atoms with E-state index in [1.807, 2.05) is 0 Å². The van der Waals surface area contributed by atoms with Crippen molar-refractivity contribution in [2.45, 2.75) is 102 Å². The van der Waals surface area contributed by atoms with Gasteiger partial charge in [0.2, 0.25) is 5.91 Å². The van der Waals surface area contributed by atoms with Gasteiger partial charge in [0.1, 0.15) is 0 Å². The number of aliphatic carboxylic acids is 1. The zero-order chi connectivity index (χ0) is 17.2. The summed E-state index contributed by atoms with van der Waals surface area (Å²) in [4.78, 5) is 24.1. The minimum absolute atomic E-state index is 0.000746. The highest BCUT2D eigenvalue weighted by Gasteiger charge is 2.36. The summed E-state index contributed by atoms with van der Waals surface area (Å²) in [6, 6.07) is 0.244. The molecule has 1 amide bonds. The molecular weight excluding hydrogens is 302 g/mol. The van der Waals surface area contributed by atoms with Crippen LogP contribution < -0.4 is 5.32 Å². The molecular formula is C20H35NO3. The third-order valence-electron chi connectivity index (χ3n) is 5.87. The highest BCUT2D eigenvalue weighted by Crippen LogP contribution is 2.31. The van der Waals surface area contributed by atoms with Gasteiger partial charge < -0.3 is 10.4 Å². The highest BCUT2D eigenvalue weighted by molar-refractivity contribution is 5.85. The van der Waals surface area contributed by atoms with Crippen LogP contribution >= 0.6 is 0 Å². The summed E-state index contributed by atoms with van der Waals surface area (Å²) < 4.78 is 0. The molecule has 2 N–H and O–H groups in total. The average molecular weight is 338 g/mol. The first kappa shape index (κ1) is 19.3. The van der Waals surface area contributed by atoms with Gasteiger partial charge in [-0.1, -0.05) is 70.6 Å². The Morgan fingerprint density at radius 3 is 1.54 bits per heavy atom. The van der Waals surface area contributed by atoms with Crippen molar-refractivity contribution in [3.05, 3.63) is 0 Å². The third-order valence-corrected chi connectivity index (χ3v) is 5.87. The van der Waals surface area contributed by atoms with Crippen molar-refractivity contribution in [1.82, 2.24) is 5.32 Å². The summed E-state index contributed by atoms with van der Waals surface area (Å²) in [6.07, 6.45) is 17.0. The Labute approximate surface area is 146 Å². The second kappa shape index (κ2) is 10.7. The number of amides is 1. The lowest BCUT2D eigenvalue weighted by molar-refractivity contribution is -0.149. The van der Waals surface area contributed by atoms with Crippen molar-refractivity contribution in [3.8, 4) is 0 Å². The molecule has 2 aliphatic carbocycles. The molecule has 24 heavy (non-hydrogen) atoms. The number of nitrogens with one attached hydrogen (secondary N) is 1. The third kappa shape index (κ3) is 6.45. The molecule has 4 nitrogen and oxygen atoms in total. The molecule has 2 aliphatic rings. The van der Waals surface area contributed by atoms with Crippen molar-refractivity contribution in [1.29, 1.82) is 0 Å². The first-order valence-corrected chi connectivity index (χ1v) is 10.2. The monoisotopic (exact) mass is 337 g/mol. The van der Waals surface area contributed by atoms with Gasteiger partial charge in [-0.3, -0.25) is 9.59 Å². The number of hydrogen-bond donors (Lipinski definition) is 2. The molecule has 2 saturated carbocycles. The number of carboxylic acids is 1. The molecule has 0 saturated heterocycles. The largest absolute Gasteiger partial charge is 0.481 e. The molecule has 0 aromatic carbocycles. The van der Waals surface area contributed by atoms with Crippen LogP contribution in [0.5, 0.6) is 0 Å². The van der Waals surface area contributed by atoms with Gasteiger partial charge in [-0.2, -0.15) is 0 Å². The number of carbonyl (C=O) groups is 2. The Balaban J connectivity index is 1.87. The maximum absolute atomic E-state index is 12.7. The molecule has 0 aromatic heterocycles. The number of rotatable bonds is 3. The Morgan fingerprint density at radius 1 is 0.625 bits per heavy atom. The molecule has 138 valence electrons. The predicted octanol–water partition coefficient (Wildman–Crippen LogP) is 4.67. The summed E-state index contributed by atoms with van der Waals surface area (Å²) in [5.41, 5.74) is 0. The summed E-state index contributed by atoms with van der Waals surface area (Å²) in [6.45, 7) is 0. The van der Waals surface area contributed by atoms with Crippen molar-refractivity contribution in [2.75, 3.05) is 0 Å². The van der Waals surface area contributed by atoms with Crippen molar-refractivity contribution in [3.63, 3.8) is 0 Å². The molecule has 2 unspecified atom stereocenters. The lowest BCUT2D eigenvalue weighted by atomic mass is 9.78. The lowest BCUT2D eigenvalue weighted by Crippen LogP contribution is -2.44. The van der Waals surface area contributed by atoms with E-state index in [0.717, 1.165) is 32.1 Å². The minimum Gasteiger partial charge on any atom is -0.481 e. The van der Waals surface area contributed by atoms with Crippen molar-refractivity contribution >= 4 is 11.9 Å². The molecule has 0 bridgehead atoms. The second-order valence-corrected chi connectivity index (χ2v) is 7.80. The minimum atomic E-state index is -0.798. The van der Waals surface area contributed by atoms with Gasteiger partial charge >= 0.3 is 5.97 Å². The van der Waals surface area contributed by atoms with E-state index in [2.05, 4.69) is 5.32 Å². The van der Waals surface area contributed by atoms with Crippen LogP contribution in [0.25, 0.3) is 0 Å². The number of hydrogen-bond acceptors (Lipinski definition) is 2. The van der Waals surface area contributed by atoms with Gasteiger partial charge in [0.05, 0.1) is 11.8 Å². The summed E-state index contributed by atoms with van der Waals surface area (Å²) in [5, 5.41) is 12.6. The van der Waals surface area contributed by atoms with E-state index in [1.165, 1.54) is 57.8 Å². The molecule has 0 aromatic rings. The molecule has 4 heteroatoms. The molecule has 0 heterocycles. The van der Waals surface area contributed by atoms with Crippen LogP contribution in [0, 0.1) is 11.8 Å². The summed E-state index contributed by atoms with van der Waals surface area (Å²) >= 11 is 0. The molecule has 0 spiro atoms. The standard InChI is InChI=1S/C20H35NO3/c22-19(17-14-10-11-15-18(17)20(23)24)21-16-12-8-6-4-2-1-3-5-7-9-13-16/h16-18H,1-15H2,(H,21,22)(H,23,24). The zero-order valence-corrected chi connectivity index (χ0v) is 15.1. The fraction of sp³-hybridized carbons (Fsp3) is 0.900. The second-order valence-electron chi connectivity index (χ2n) is 7.80. The Bertz CT molecular complexity index is 384. The average Bonchev–Trinajstić information content (AvgIpc) is 2.57. The number of carboxylic acid groups (broad SMARTS) is 1. The lowest BCUT2D eigenvalue weighted by Gasteiger charge is -2.29. The van der Waals surface area contributed by atoms with Crippen LogP contribution in [0.4, 0.5) is 0 Å². The maximum atomic E-state index is 12.7. The first-order chi connectivity index (χ1) is 11.7. The molecule has 2 atom stereocenters. The van der Waals surface area contributed by atoms with E-state index < -0.39 is 11.9 Å². The molecule has 0 aliphatic heterocycles. The normalized spacial score (nSPS) is 28.3. The Kier molecular flexibility index (Phi) is 8.62. The fourth-order valence-corrected chi connectivity index (χ4v) is 4.36. The van der Waals surface area contributed by atoms with Gasteiger partial charge in [0.15, 0.2) is 0 Å². The van der Waals surface area contributed by atoms with E-state index in [1.54, 1.807) is 0 Å². The van der Waals surface area contributed by atoms with Crippen LogP contribution in [0.1, 0.15) is 96.3 Å². The van der Waals surface area contributed by atoms with Crippen LogP contribution in [0.15, 0.2) is 0 Å². The van der Waals surface area contributed by atoms with Crippen LogP contribution in [0.2, 0.25) is 0 Å². The molecule has 0 radical (unpaired) electrons. The van der Waals surface area contributed by atoms with Gasteiger partial charge in [-0.25, -0.2) is 0 Å². The van der Waals surface area contributed by atoms with Crippen molar-refractivity contribution < 1.29 is 14.7 Å². The molecule has 2 fully saturated rings. The van der Waals surface area contributed by atoms with Gasteiger partial charge in [0, 0.05) is 6.04 Å². The van der Waals surface area contributed by atoms with Crippen molar-refractivity contribution in [2.24, 2.45) is 11.8 Å². The van der Waals surface area contributed by atoms with Gasteiger partial charge in [-0.15, -0.1) is 0 Å². The summed E-state index contributed by atoms with van der Waals surface area (Å²) in [7, 11) is 0. The Hall–Kier alpha value is -1.06. The molecule has 2 rings (SSSR count). The van der Waals surface area contributed by atoms with E-state index in [-0.39, 0.29) is 17.9 Å². The predicted molar refractivity (Wildman–Crippen MR) is 95.8 cm³/mol. The van der Waals surface area contributed by atoms with E-state index in [0.29, 0.717) is 6.42 Å². The van der Waals surface area contributed by atoms with Crippen LogP contribution in [-0.4, -0.2) is 23.0 Å². The number of carbonyl (C=O) groups excluding carboxylic acids is 1. The van der Waals surface area contributed by atoms with Gasteiger partial charge in [0.25, 0.3) is 0 Å². The highest BCUT2D eigenvalue weighted by atomic mass is 16.4. The van der Waals surface area contributed by atoms with E-state index >= 15 is 0 Å².